The Morgan fingerprint density at radius 1 is 1.29 bits per heavy atom. The van der Waals surface area contributed by atoms with E-state index in [1.807, 2.05) is 0 Å². The minimum absolute atomic E-state index is 0. The lowest BCUT2D eigenvalue weighted by molar-refractivity contribution is 0.202. The number of benzene rings is 1. The van der Waals surface area contributed by atoms with Crippen molar-refractivity contribution >= 4 is 36.4 Å². The zero-order valence-corrected chi connectivity index (χ0v) is 14.5. The highest BCUT2D eigenvalue weighted by Crippen LogP contribution is 2.18. The van der Waals surface area contributed by atoms with Crippen molar-refractivity contribution in [2.75, 3.05) is 46.3 Å². The second-order valence-corrected chi connectivity index (χ2v) is 5.47. The average molecular weight is 359 g/mol. The minimum Gasteiger partial charge on any atom is -0.314 e. The van der Waals surface area contributed by atoms with Crippen LogP contribution in [-0.2, 0) is 6.54 Å². The Hall–Kier alpha value is -0.100. The third kappa shape index (κ3) is 7.13. The van der Waals surface area contributed by atoms with E-state index < -0.39 is 0 Å². The molecule has 21 heavy (non-hydrogen) atoms. The fourth-order valence-electron chi connectivity index (χ4n) is 2.27. The molecule has 0 bridgehead atoms. The maximum Gasteiger partial charge on any atom is 0.124 e. The number of nitrogens with zero attached hydrogens (tertiary/aromatic N) is 2. The predicted molar refractivity (Wildman–Crippen MR) is 91.5 cm³/mol. The Morgan fingerprint density at radius 3 is 2.57 bits per heavy atom. The monoisotopic (exact) mass is 357 g/mol. The van der Waals surface area contributed by atoms with Crippen LogP contribution in [0.2, 0.25) is 5.02 Å². The van der Waals surface area contributed by atoms with Crippen LogP contribution in [0, 0.1) is 5.82 Å². The fourth-order valence-corrected chi connectivity index (χ4v) is 2.49. The molecule has 1 N–H and O–H groups in total. The SMILES string of the molecule is CN(CCN1CCNCC1)Cc1ccc(F)cc1Cl.Cl.Cl. The summed E-state index contributed by atoms with van der Waals surface area (Å²) in [6.07, 6.45) is 0. The Labute approximate surface area is 143 Å². The van der Waals surface area contributed by atoms with Gasteiger partial charge in [-0.3, -0.25) is 4.90 Å². The summed E-state index contributed by atoms with van der Waals surface area (Å²) in [4.78, 5) is 4.68. The Kier molecular flexibility index (Phi) is 10.5. The number of hydrogen-bond acceptors (Lipinski definition) is 3. The molecule has 1 aromatic carbocycles. The van der Waals surface area contributed by atoms with Gasteiger partial charge < -0.3 is 10.2 Å². The fraction of sp³-hybridized carbons (Fsp3) is 0.571. The van der Waals surface area contributed by atoms with E-state index in [0.29, 0.717) is 5.02 Å². The van der Waals surface area contributed by atoms with Crippen LogP contribution in [0.25, 0.3) is 0 Å². The van der Waals surface area contributed by atoms with Gasteiger partial charge in [0, 0.05) is 50.8 Å². The third-order valence-electron chi connectivity index (χ3n) is 3.46. The van der Waals surface area contributed by atoms with Crippen molar-refractivity contribution in [1.29, 1.82) is 0 Å². The van der Waals surface area contributed by atoms with Gasteiger partial charge in [0.15, 0.2) is 0 Å². The number of halogens is 4. The van der Waals surface area contributed by atoms with Crippen LogP contribution in [0.4, 0.5) is 4.39 Å². The van der Waals surface area contributed by atoms with Crippen LogP contribution in [0.5, 0.6) is 0 Å². The maximum atomic E-state index is 13.0. The second kappa shape index (κ2) is 10.6. The molecule has 1 aliphatic rings. The van der Waals surface area contributed by atoms with Crippen molar-refractivity contribution in [3.05, 3.63) is 34.6 Å². The predicted octanol–water partition coefficient (Wildman–Crippen LogP) is 2.66. The normalized spacial score (nSPS) is 15.4. The summed E-state index contributed by atoms with van der Waals surface area (Å²) in [5.74, 6) is -0.280. The molecule has 7 heteroatoms. The van der Waals surface area contributed by atoms with Gasteiger partial charge in [-0.1, -0.05) is 17.7 Å². The van der Waals surface area contributed by atoms with Crippen LogP contribution < -0.4 is 5.32 Å². The van der Waals surface area contributed by atoms with Gasteiger partial charge in [0.05, 0.1) is 0 Å². The largest absolute Gasteiger partial charge is 0.314 e. The van der Waals surface area contributed by atoms with Crippen LogP contribution in [0.1, 0.15) is 5.56 Å². The van der Waals surface area contributed by atoms with E-state index in [1.165, 1.54) is 12.1 Å². The van der Waals surface area contributed by atoms with Crippen molar-refractivity contribution < 1.29 is 4.39 Å². The maximum absolute atomic E-state index is 13.0. The first-order chi connectivity index (χ1) is 9.15. The average Bonchev–Trinajstić information content (AvgIpc) is 2.41. The molecule has 0 spiro atoms. The van der Waals surface area contributed by atoms with Gasteiger partial charge >= 0.3 is 0 Å². The first kappa shape index (κ1) is 20.9. The molecule has 1 saturated heterocycles. The highest BCUT2D eigenvalue weighted by Gasteiger charge is 2.11. The molecule has 2 rings (SSSR count). The lowest BCUT2D eigenvalue weighted by atomic mass is 10.2. The van der Waals surface area contributed by atoms with E-state index in [9.17, 15) is 4.39 Å². The summed E-state index contributed by atoms with van der Waals surface area (Å²) in [6, 6.07) is 4.60. The number of nitrogens with one attached hydrogen (secondary N) is 1. The Bertz CT molecular complexity index is 414. The molecule has 0 aliphatic carbocycles. The zero-order chi connectivity index (χ0) is 13.7. The van der Waals surface area contributed by atoms with Gasteiger partial charge in [-0.25, -0.2) is 4.39 Å². The third-order valence-corrected chi connectivity index (χ3v) is 3.81. The topological polar surface area (TPSA) is 18.5 Å². The van der Waals surface area contributed by atoms with Crippen LogP contribution >= 0.6 is 36.4 Å². The lowest BCUT2D eigenvalue weighted by Crippen LogP contribution is -2.45. The van der Waals surface area contributed by atoms with Gasteiger partial charge in [0.2, 0.25) is 0 Å². The number of rotatable bonds is 5. The van der Waals surface area contributed by atoms with E-state index in [0.717, 1.165) is 51.4 Å². The molecule has 1 aliphatic heterocycles. The first-order valence-corrected chi connectivity index (χ1v) is 7.08. The van der Waals surface area contributed by atoms with Crippen LogP contribution in [-0.4, -0.2) is 56.1 Å². The highest BCUT2D eigenvalue weighted by atomic mass is 35.5. The lowest BCUT2D eigenvalue weighted by Gasteiger charge is -2.29. The van der Waals surface area contributed by atoms with E-state index in [4.69, 9.17) is 11.6 Å². The molecule has 0 unspecified atom stereocenters. The zero-order valence-electron chi connectivity index (χ0n) is 12.1. The van der Waals surface area contributed by atoms with Crippen LogP contribution in [0.3, 0.4) is 0 Å². The molecule has 0 saturated carbocycles. The van der Waals surface area contributed by atoms with Crippen molar-refractivity contribution in [1.82, 2.24) is 15.1 Å². The molecular weight excluding hydrogens is 336 g/mol. The molecule has 3 nitrogen and oxygen atoms in total. The molecule has 1 heterocycles. The van der Waals surface area contributed by atoms with Gasteiger partial charge in [-0.2, -0.15) is 0 Å². The van der Waals surface area contributed by atoms with E-state index >= 15 is 0 Å². The molecule has 1 aromatic rings. The van der Waals surface area contributed by atoms with Crippen molar-refractivity contribution in [3.63, 3.8) is 0 Å². The highest BCUT2D eigenvalue weighted by molar-refractivity contribution is 6.31. The van der Waals surface area contributed by atoms with E-state index in [2.05, 4.69) is 22.2 Å². The van der Waals surface area contributed by atoms with E-state index in [1.54, 1.807) is 6.07 Å². The van der Waals surface area contributed by atoms with Crippen LogP contribution in [0.15, 0.2) is 18.2 Å². The first-order valence-electron chi connectivity index (χ1n) is 6.71. The summed E-state index contributed by atoms with van der Waals surface area (Å²) in [6.45, 7) is 7.20. The molecule has 0 atom stereocenters. The summed E-state index contributed by atoms with van der Waals surface area (Å²) < 4.78 is 13.0. The second-order valence-electron chi connectivity index (χ2n) is 5.07. The smallest absolute Gasteiger partial charge is 0.124 e. The number of hydrogen-bond donors (Lipinski definition) is 1. The summed E-state index contributed by atoms with van der Waals surface area (Å²) in [5.41, 5.74) is 0.978. The molecular formula is C14H23Cl3FN3. The number of piperazine rings is 1. The molecule has 1 fully saturated rings. The summed E-state index contributed by atoms with van der Waals surface area (Å²) >= 11 is 6.04. The van der Waals surface area contributed by atoms with Gasteiger partial charge in [-0.05, 0) is 24.7 Å². The van der Waals surface area contributed by atoms with Crippen molar-refractivity contribution in [2.45, 2.75) is 6.54 Å². The quantitative estimate of drug-likeness (QED) is 0.873. The van der Waals surface area contributed by atoms with Gasteiger partial charge in [-0.15, -0.1) is 24.8 Å². The standard InChI is InChI=1S/C14H21ClFN3.2ClH/c1-18(8-9-19-6-4-17-5-7-19)11-12-2-3-13(16)10-14(12)15;;/h2-3,10,17H,4-9,11H2,1H3;2*1H. The van der Waals surface area contributed by atoms with E-state index in [-0.39, 0.29) is 30.6 Å². The summed E-state index contributed by atoms with van der Waals surface area (Å²) in [5, 5.41) is 3.86. The Morgan fingerprint density at radius 2 is 1.95 bits per heavy atom. The molecule has 0 amide bonds. The Balaban J connectivity index is 0.00000200. The van der Waals surface area contributed by atoms with Gasteiger partial charge in [0.1, 0.15) is 5.82 Å². The molecule has 0 aromatic heterocycles. The van der Waals surface area contributed by atoms with Crippen molar-refractivity contribution in [2.24, 2.45) is 0 Å². The summed E-state index contributed by atoms with van der Waals surface area (Å²) in [7, 11) is 2.07. The van der Waals surface area contributed by atoms with Gasteiger partial charge in [0.25, 0.3) is 0 Å². The minimum atomic E-state index is -0.280. The molecule has 122 valence electrons. The van der Waals surface area contributed by atoms with Crippen molar-refractivity contribution in [3.8, 4) is 0 Å². The molecule has 0 radical (unpaired) electrons. The number of likely N-dealkylation sites (N-methyl/N-ethyl adjacent to an activating group) is 1.